The molecule has 0 aliphatic heterocycles. The lowest BCUT2D eigenvalue weighted by atomic mass is 9.47. The van der Waals surface area contributed by atoms with Crippen LogP contribution in [-0.4, -0.2) is 17.0 Å². The van der Waals surface area contributed by atoms with Crippen molar-refractivity contribution < 1.29 is 9.84 Å². The van der Waals surface area contributed by atoms with Gasteiger partial charge >= 0.3 is 0 Å². The molecule has 4 saturated carbocycles. The zero-order chi connectivity index (χ0) is 15.4. The minimum absolute atomic E-state index is 0.0702. The molecular formula is C19H34O2. The minimum atomic E-state index is -0.637. The number of rotatable bonds is 5. The van der Waals surface area contributed by atoms with Crippen LogP contribution < -0.4 is 0 Å². The van der Waals surface area contributed by atoms with Crippen LogP contribution in [0.4, 0.5) is 0 Å². The maximum Gasteiger partial charge on any atom is 0.160 e. The molecule has 0 aromatic rings. The second kappa shape index (κ2) is 5.23. The number of aliphatic hydroxyl groups excluding tert-OH is 1. The van der Waals surface area contributed by atoms with Crippen LogP contribution in [0.1, 0.15) is 73.1 Å². The van der Waals surface area contributed by atoms with E-state index >= 15 is 0 Å². The Hall–Kier alpha value is -0.0800. The Balaban J connectivity index is 1.87. The summed E-state index contributed by atoms with van der Waals surface area (Å²) >= 11 is 0. The number of ether oxygens (including phenoxy) is 1. The summed E-state index contributed by atoms with van der Waals surface area (Å²) in [4.78, 5) is 0. The van der Waals surface area contributed by atoms with Crippen LogP contribution in [-0.2, 0) is 4.74 Å². The second-order valence-corrected chi connectivity index (χ2v) is 9.13. The highest BCUT2D eigenvalue weighted by Crippen LogP contribution is 2.62. The minimum Gasteiger partial charge on any atom is -0.367 e. The van der Waals surface area contributed by atoms with E-state index < -0.39 is 6.29 Å². The first-order valence-corrected chi connectivity index (χ1v) is 9.15. The van der Waals surface area contributed by atoms with Gasteiger partial charge in [0, 0.05) is 5.41 Å². The normalized spacial score (nSPS) is 43.6. The summed E-state index contributed by atoms with van der Waals surface area (Å²) in [5.41, 5.74) is -0.226. The zero-order valence-electron chi connectivity index (χ0n) is 14.6. The van der Waals surface area contributed by atoms with Gasteiger partial charge in [-0.1, -0.05) is 34.6 Å². The molecule has 2 nitrogen and oxygen atoms in total. The Labute approximate surface area is 130 Å². The van der Waals surface area contributed by atoms with Crippen LogP contribution >= 0.6 is 0 Å². The molecule has 4 bridgehead atoms. The molecule has 0 amide bonds. The van der Waals surface area contributed by atoms with Crippen molar-refractivity contribution in [2.45, 2.75) is 85.0 Å². The van der Waals surface area contributed by atoms with Crippen LogP contribution in [0.3, 0.4) is 0 Å². The summed E-state index contributed by atoms with van der Waals surface area (Å²) in [6.07, 6.45) is 7.12. The van der Waals surface area contributed by atoms with Crippen molar-refractivity contribution in [1.82, 2.24) is 0 Å². The van der Waals surface area contributed by atoms with E-state index in [0.29, 0.717) is 17.8 Å². The van der Waals surface area contributed by atoms with Gasteiger partial charge in [-0.05, 0) is 68.1 Å². The van der Waals surface area contributed by atoms with Crippen molar-refractivity contribution >= 4 is 0 Å². The van der Waals surface area contributed by atoms with Crippen molar-refractivity contribution in [2.24, 2.45) is 35.0 Å². The third-order valence-corrected chi connectivity index (χ3v) is 7.21. The predicted octanol–water partition coefficient (Wildman–Crippen LogP) is 4.61. The van der Waals surface area contributed by atoms with Gasteiger partial charge in [-0.2, -0.15) is 0 Å². The molecule has 122 valence electrons. The molecule has 0 aromatic carbocycles. The number of hydrogen-bond acceptors (Lipinski definition) is 2. The first-order valence-electron chi connectivity index (χ1n) is 9.15. The van der Waals surface area contributed by atoms with Gasteiger partial charge in [0.2, 0.25) is 0 Å². The molecule has 0 radical (unpaired) electrons. The van der Waals surface area contributed by atoms with Gasteiger partial charge in [-0.15, -0.1) is 0 Å². The number of aliphatic hydroxyl groups is 1. The Kier molecular flexibility index (Phi) is 3.94. The molecule has 2 heteroatoms. The van der Waals surface area contributed by atoms with E-state index in [1.165, 1.54) is 32.1 Å². The van der Waals surface area contributed by atoms with Gasteiger partial charge in [0.1, 0.15) is 0 Å². The van der Waals surface area contributed by atoms with Crippen LogP contribution in [0.15, 0.2) is 0 Å². The molecule has 0 heterocycles. The molecular weight excluding hydrogens is 260 g/mol. The molecule has 0 spiro atoms. The first kappa shape index (κ1) is 15.8. The molecule has 4 fully saturated rings. The molecule has 4 rings (SSSR count). The van der Waals surface area contributed by atoms with Gasteiger partial charge in [0.15, 0.2) is 6.29 Å². The van der Waals surface area contributed by atoms with E-state index in [4.69, 9.17) is 4.74 Å². The molecule has 0 saturated heterocycles. The maximum absolute atomic E-state index is 10.8. The van der Waals surface area contributed by atoms with Gasteiger partial charge in [0.25, 0.3) is 0 Å². The highest BCUT2D eigenvalue weighted by Gasteiger charge is 2.60. The predicted molar refractivity (Wildman–Crippen MR) is 85.8 cm³/mol. The standard InChI is InChI=1S/C19H34O2/c1-6-18(4,5)17(20)21-19(12(2)3)15-8-13-7-14(10-15)11-16(19)9-13/h12-17,20H,6-11H2,1-5H3. The van der Waals surface area contributed by atoms with Crippen LogP contribution in [0.5, 0.6) is 0 Å². The van der Waals surface area contributed by atoms with Crippen molar-refractivity contribution in [2.75, 3.05) is 0 Å². The lowest BCUT2D eigenvalue weighted by Gasteiger charge is -2.63. The average molecular weight is 294 g/mol. The molecule has 1 atom stereocenters. The van der Waals surface area contributed by atoms with Crippen molar-refractivity contribution in [1.29, 1.82) is 0 Å². The molecule has 4 aliphatic carbocycles. The van der Waals surface area contributed by atoms with E-state index in [-0.39, 0.29) is 11.0 Å². The highest BCUT2D eigenvalue weighted by atomic mass is 16.6. The van der Waals surface area contributed by atoms with Crippen LogP contribution in [0.2, 0.25) is 0 Å². The largest absolute Gasteiger partial charge is 0.367 e. The van der Waals surface area contributed by atoms with E-state index in [1.807, 2.05) is 0 Å². The lowest BCUT2D eigenvalue weighted by molar-refractivity contribution is -0.309. The summed E-state index contributed by atoms with van der Waals surface area (Å²) < 4.78 is 6.59. The summed E-state index contributed by atoms with van der Waals surface area (Å²) in [5.74, 6) is 3.74. The Morgan fingerprint density at radius 3 is 1.90 bits per heavy atom. The van der Waals surface area contributed by atoms with E-state index in [2.05, 4.69) is 34.6 Å². The Bertz CT molecular complexity index is 357. The smallest absolute Gasteiger partial charge is 0.160 e. The fourth-order valence-electron chi connectivity index (χ4n) is 5.72. The zero-order valence-corrected chi connectivity index (χ0v) is 14.6. The fraction of sp³-hybridized carbons (Fsp3) is 1.00. The molecule has 0 aromatic heterocycles. The molecule has 21 heavy (non-hydrogen) atoms. The third-order valence-electron chi connectivity index (χ3n) is 7.21. The van der Waals surface area contributed by atoms with E-state index in [1.54, 1.807) is 0 Å². The SMILES string of the molecule is CCC(C)(C)C(O)OC1(C(C)C)C2CC3CC(C2)CC1C3. The summed E-state index contributed by atoms with van der Waals surface area (Å²) in [6.45, 7) is 11.0. The van der Waals surface area contributed by atoms with Gasteiger partial charge in [0.05, 0.1) is 5.60 Å². The summed E-state index contributed by atoms with van der Waals surface area (Å²) in [7, 11) is 0. The first-order chi connectivity index (χ1) is 9.79. The van der Waals surface area contributed by atoms with Crippen LogP contribution in [0.25, 0.3) is 0 Å². The summed E-state index contributed by atoms with van der Waals surface area (Å²) in [6, 6.07) is 0. The van der Waals surface area contributed by atoms with Gasteiger partial charge in [-0.3, -0.25) is 0 Å². The van der Waals surface area contributed by atoms with Gasteiger partial charge < -0.3 is 9.84 Å². The van der Waals surface area contributed by atoms with Crippen molar-refractivity contribution in [3.63, 3.8) is 0 Å². The molecule has 1 unspecified atom stereocenters. The number of hydrogen-bond donors (Lipinski definition) is 1. The Morgan fingerprint density at radius 1 is 1.05 bits per heavy atom. The quantitative estimate of drug-likeness (QED) is 0.750. The van der Waals surface area contributed by atoms with Crippen molar-refractivity contribution in [3.05, 3.63) is 0 Å². The average Bonchev–Trinajstić information content (AvgIpc) is 2.41. The van der Waals surface area contributed by atoms with Crippen molar-refractivity contribution in [3.8, 4) is 0 Å². The fourth-order valence-corrected chi connectivity index (χ4v) is 5.72. The third kappa shape index (κ3) is 2.37. The second-order valence-electron chi connectivity index (χ2n) is 9.13. The van der Waals surface area contributed by atoms with Crippen LogP contribution in [0, 0.1) is 35.0 Å². The molecule has 4 aliphatic rings. The highest BCUT2D eigenvalue weighted by molar-refractivity contribution is 5.09. The molecule has 1 N–H and O–H groups in total. The Morgan fingerprint density at radius 2 is 1.52 bits per heavy atom. The van der Waals surface area contributed by atoms with Gasteiger partial charge in [-0.25, -0.2) is 0 Å². The van der Waals surface area contributed by atoms with E-state index in [0.717, 1.165) is 18.3 Å². The monoisotopic (exact) mass is 294 g/mol. The van der Waals surface area contributed by atoms with E-state index in [9.17, 15) is 5.11 Å². The topological polar surface area (TPSA) is 29.5 Å². The summed E-state index contributed by atoms with van der Waals surface area (Å²) in [5, 5.41) is 10.8. The maximum atomic E-state index is 10.8. The lowest BCUT2D eigenvalue weighted by Crippen LogP contribution is -2.63.